The van der Waals surface area contributed by atoms with Gasteiger partial charge in [0, 0.05) is 17.6 Å². The second-order valence-electron chi connectivity index (χ2n) is 5.82. The van der Waals surface area contributed by atoms with Gasteiger partial charge in [0.2, 0.25) is 0 Å². The zero-order valence-electron chi connectivity index (χ0n) is 12.1. The van der Waals surface area contributed by atoms with E-state index in [2.05, 4.69) is 42.6 Å². The Labute approximate surface area is 120 Å². The fraction of sp³-hybridized carbons (Fsp3) is 0.333. The molecule has 1 atom stereocenters. The number of aromatic hydroxyl groups is 1. The molecule has 2 N–H and O–H groups in total. The van der Waals surface area contributed by atoms with Gasteiger partial charge in [-0.2, -0.15) is 0 Å². The van der Waals surface area contributed by atoms with Crippen LogP contribution in [0.2, 0.25) is 0 Å². The largest absolute Gasteiger partial charge is 0.508 e. The smallest absolute Gasteiger partial charge is 0.120 e. The molecule has 0 amide bonds. The molecule has 0 fully saturated rings. The van der Waals surface area contributed by atoms with Crippen LogP contribution in [-0.2, 0) is 12.8 Å². The van der Waals surface area contributed by atoms with E-state index in [1.54, 1.807) is 0 Å². The van der Waals surface area contributed by atoms with E-state index in [1.807, 2.05) is 19.1 Å². The Morgan fingerprint density at radius 2 is 1.75 bits per heavy atom. The summed E-state index contributed by atoms with van der Waals surface area (Å²) in [6, 6.07) is 15.2. The van der Waals surface area contributed by atoms with Crippen LogP contribution >= 0.6 is 0 Å². The number of rotatable bonds is 3. The molecule has 0 saturated carbocycles. The lowest BCUT2D eigenvalue weighted by atomic mass is 10.0. The van der Waals surface area contributed by atoms with E-state index < -0.39 is 0 Å². The van der Waals surface area contributed by atoms with E-state index in [4.69, 9.17) is 0 Å². The van der Waals surface area contributed by atoms with Crippen molar-refractivity contribution in [3.8, 4) is 5.75 Å². The quantitative estimate of drug-likeness (QED) is 0.892. The Balaban J connectivity index is 1.70. The van der Waals surface area contributed by atoms with Crippen molar-refractivity contribution in [2.75, 3.05) is 0 Å². The van der Waals surface area contributed by atoms with E-state index in [0.29, 0.717) is 11.8 Å². The van der Waals surface area contributed by atoms with Gasteiger partial charge in [-0.15, -0.1) is 0 Å². The number of benzene rings is 2. The summed E-state index contributed by atoms with van der Waals surface area (Å²) in [5.74, 6) is 0.389. The first-order chi connectivity index (χ1) is 9.63. The maximum absolute atomic E-state index is 10.1. The van der Waals surface area contributed by atoms with Crippen molar-refractivity contribution in [2.45, 2.75) is 38.8 Å². The molecule has 0 radical (unpaired) electrons. The molecule has 0 aliphatic heterocycles. The zero-order valence-corrected chi connectivity index (χ0v) is 12.1. The van der Waals surface area contributed by atoms with Crippen LogP contribution in [0.25, 0.3) is 0 Å². The van der Waals surface area contributed by atoms with E-state index >= 15 is 0 Å². The fourth-order valence-electron chi connectivity index (χ4n) is 3.14. The number of phenols is 1. The molecule has 0 aromatic heterocycles. The highest BCUT2D eigenvalue weighted by Crippen LogP contribution is 2.28. The average Bonchev–Trinajstić information content (AvgIpc) is 2.80. The Kier molecular flexibility index (Phi) is 3.49. The molecule has 2 aromatic rings. The van der Waals surface area contributed by atoms with Crippen LogP contribution in [0.4, 0.5) is 0 Å². The number of phenolic OH excluding ortho intramolecular Hbond substituents is 1. The summed E-state index contributed by atoms with van der Waals surface area (Å²) in [4.78, 5) is 0. The minimum Gasteiger partial charge on any atom is -0.508 e. The second-order valence-corrected chi connectivity index (χ2v) is 5.82. The van der Waals surface area contributed by atoms with Crippen LogP contribution in [0.15, 0.2) is 42.5 Å². The van der Waals surface area contributed by atoms with Gasteiger partial charge in [0.05, 0.1) is 0 Å². The van der Waals surface area contributed by atoms with Gasteiger partial charge in [-0.3, -0.25) is 0 Å². The van der Waals surface area contributed by atoms with Gasteiger partial charge in [-0.1, -0.05) is 36.4 Å². The monoisotopic (exact) mass is 267 g/mol. The van der Waals surface area contributed by atoms with Crippen molar-refractivity contribution in [3.63, 3.8) is 0 Å². The van der Waals surface area contributed by atoms with E-state index in [0.717, 1.165) is 24.0 Å². The van der Waals surface area contributed by atoms with E-state index in [-0.39, 0.29) is 6.04 Å². The average molecular weight is 267 g/mol. The Bertz CT molecular complexity index is 596. The third-order valence-corrected chi connectivity index (χ3v) is 4.19. The van der Waals surface area contributed by atoms with Crippen LogP contribution < -0.4 is 5.32 Å². The third-order valence-electron chi connectivity index (χ3n) is 4.19. The Hall–Kier alpha value is -1.80. The third kappa shape index (κ3) is 2.56. The molecule has 20 heavy (non-hydrogen) atoms. The number of hydrogen-bond acceptors (Lipinski definition) is 2. The molecule has 0 heterocycles. The van der Waals surface area contributed by atoms with Crippen molar-refractivity contribution in [2.24, 2.45) is 0 Å². The molecule has 1 unspecified atom stereocenters. The van der Waals surface area contributed by atoms with E-state index in [9.17, 15) is 5.11 Å². The maximum atomic E-state index is 10.1. The maximum Gasteiger partial charge on any atom is 0.120 e. The van der Waals surface area contributed by atoms with Crippen molar-refractivity contribution in [1.29, 1.82) is 0 Å². The van der Waals surface area contributed by atoms with E-state index in [1.165, 1.54) is 11.1 Å². The number of nitrogens with one attached hydrogen (secondary N) is 1. The summed E-state index contributed by atoms with van der Waals surface area (Å²) < 4.78 is 0. The number of hydrogen-bond donors (Lipinski definition) is 2. The molecule has 3 rings (SSSR count). The minimum absolute atomic E-state index is 0.162. The van der Waals surface area contributed by atoms with Crippen LogP contribution in [0.1, 0.15) is 35.2 Å². The lowest BCUT2D eigenvalue weighted by Crippen LogP contribution is -2.32. The molecule has 2 nitrogen and oxygen atoms in total. The SMILES string of the molecule is Cc1ccc(C(C)NC2Cc3ccccc3C2)c(O)c1. The highest BCUT2D eigenvalue weighted by molar-refractivity contribution is 5.38. The lowest BCUT2D eigenvalue weighted by molar-refractivity contribution is 0.429. The molecule has 0 bridgehead atoms. The molecule has 0 saturated heterocycles. The number of fused-ring (bicyclic) bond motifs is 1. The Morgan fingerprint density at radius 3 is 2.35 bits per heavy atom. The van der Waals surface area contributed by atoms with Crippen LogP contribution in [0.5, 0.6) is 5.75 Å². The highest BCUT2D eigenvalue weighted by atomic mass is 16.3. The predicted molar refractivity (Wildman–Crippen MR) is 82.0 cm³/mol. The fourth-order valence-corrected chi connectivity index (χ4v) is 3.14. The molecular formula is C18H21NO. The summed E-state index contributed by atoms with van der Waals surface area (Å²) in [6.45, 7) is 4.11. The standard InChI is InChI=1S/C18H21NO/c1-12-7-8-17(18(20)9-12)13(2)19-16-10-14-5-3-4-6-15(14)11-16/h3-9,13,16,19-20H,10-11H2,1-2H3. The molecular weight excluding hydrogens is 246 g/mol. The highest BCUT2D eigenvalue weighted by Gasteiger charge is 2.23. The summed E-state index contributed by atoms with van der Waals surface area (Å²) in [7, 11) is 0. The molecule has 0 spiro atoms. The van der Waals surface area contributed by atoms with Gasteiger partial charge >= 0.3 is 0 Å². The topological polar surface area (TPSA) is 32.3 Å². The lowest BCUT2D eigenvalue weighted by Gasteiger charge is -2.20. The van der Waals surface area contributed by atoms with Crippen molar-refractivity contribution in [3.05, 3.63) is 64.7 Å². The second kappa shape index (κ2) is 5.29. The summed E-state index contributed by atoms with van der Waals surface area (Å²) in [6.07, 6.45) is 2.15. The van der Waals surface area contributed by atoms with Crippen molar-refractivity contribution in [1.82, 2.24) is 5.32 Å². The van der Waals surface area contributed by atoms with Gasteiger partial charge < -0.3 is 10.4 Å². The van der Waals surface area contributed by atoms with Crippen LogP contribution in [-0.4, -0.2) is 11.1 Å². The molecule has 2 aromatic carbocycles. The van der Waals surface area contributed by atoms with Crippen LogP contribution in [0, 0.1) is 6.92 Å². The van der Waals surface area contributed by atoms with Gasteiger partial charge in [-0.05, 0) is 49.4 Å². The molecule has 2 heteroatoms. The van der Waals surface area contributed by atoms with Gasteiger partial charge in [0.15, 0.2) is 0 Å². The van der Waals surface area contributed by atoms with Crippen molar-refractivity contribution >= 4 is 0 Å². The summed E-state index contributed by atoms with van der Waals surface area (Å²) >= 11 is 0. The number of aryl methyl sites for hydroxylation is 1. The first kappa shape index (κ1) is 13.2. The molecule has 1 aliphatic rings. The normalized spacial score (nSPS) is 16.1. The first-order valence-corrected chi connectivity index (χ1v) is 7.26. The minimum atomic E-state index is 0.162. The van der Waals surface area contributed by atoms with Crippen molar-refractivity contribution < 1.29 is 5.11 Å². The summed E-state index contributed by atoms with van der Waals surface area (Å²) in [5, 5.41) is 13.7. The van der Waals surface area contributed by atoms with Gasteiger partial charge in [0.25, 0.3) is 0 Å². The van der Waals surface area contributed by atoms with Gasteiger partial charge in [0.1, 0.15) is 5.75 Å². The first-order valence-electron chi connectivity index (χ1n) is 7.26. The zero-order chi connectivity index (χ0) is 14.1. The van der Waals surface area contributed by atoms with Gasteiger partial charge in [-0.25, -0.2) is 0 Å². The van der Waals surface area contributed by atoms with Crippen LogP contribution in [0.3, 0.4) is 0 Å². The molecule has 1 aliphatic carbocycles. The summed E-state index contributed by atoms with van der Waals surface area (Å²) in [5.41, 5.74) is 4.97. The molecule has 104 valence electrons. The predicted octanol–water partition coefficient (Wildman–Crippen LogP) is 3.52. The Morgan fingerprint density at radius 1 is 1.10 bits per heavy atom.